The van der Waals surface area contributed by atoms with Gasteiger partial charge in [0.05, 0.1) is 17.1 Å². The van der Waals surface area contributed by atoms with Gasteiger partial charge >= 0.3 is 0 Å². The van der Waals surface area contributed by atoms with E-state index in [1.54, 1.807) is 45.6 Å². The van der Waals surface area contributed by atoms with Crippen LogP contribution in [0.4, 0.5) is 5.69 Å². The Bertz CT molecular complexity index is 1070. The summed E-state index contributed by atoms with van der Waals surface area (Å²) < 4.78 is 32.9. The predicted molar refractivity (Wildman–Crippen MR) is 124 cm³/mol. The van der Waals surface area contributed by atoms with E-state index in [-0.39, 0.29) is 28.4 Å². The molecule has 0 aliphatic carbocycles. The van der Waals surface area contributed by atoms with Crippen LogP contribution in [0.1, 0.15) is 43.7 Å². The second kappa shape index (κ2) is 9.69. The van der Waals surface area contributed by atoms with Crippen LogP contribution in [-0.2, 0) is 14.8 Å². The molecule has 3 heterocycles. The number of sulfonamides is 1. The summed E-state index contributed by atoms with van der Waals surface area (Å²) in [5.74, 6) is 0.200. The second-order valence-electron chi connectivity index (χ2n) is 9.35. The number of likely N-dealkylation sites (tertiary alicyclic amines) is 1. The quantitative estimate of drug-likeness (QED) is 0.717. The number of hydrogen-bond donors (Lipinski definition) is 1. The molecule has 178 valence electrons. The lowest BCUT2D eigenvalue weighted by Crippen LogP contribution is -2.43. The van der Waals surface area contributed by atoms with Gasteiger partial charge in [-0.05, 0) is 67.5 Å². The minimum atomic E-state index is -3.56. The van der Waals surface area contributed by atoms with E-state index < -0.39 is 10.0 Å². The molecule has 2 aliphatic rings. The van der Waals surface area contributed by atoms with E-state index in [1.807, 2.05) is 0 Å². The topological polar surface area (TPSA) is 99.9 Å². The second-order valence-corrected chi connectivity index (χ2v) is 11.3. The third kappa shape index (κ3) is 5.30. The van der Waals surface area contributed by atoms with E-state index in [2.05, 4.69) is 19.2 Å². The Morgan fingerprint density at radius 1 is 1.03 bits per heavy atom. The summed E-state index contributed by atoms with van der Waals surface area (Å²) >= 11 is 0. The summed E-state index contributed by atoms with van der Waals surface area (Å²) in [6.45, 7) is 6.11. The fourth-order valence-electron chi connectivity index (χ4n) is 4.84. The standard InChI is InChI=1S/C24H31N3O5S/c1-17-13-18(2)15-27(14-17)33(30,31)21-9-7-20(8-10-21)25-23(28)19-5-3-11-26(16-19)24(29)22-6-4-12-32-22/h4,6-10,12,17-19H,3,5,11,13-16H2,1-2H3,(H,25,28)/t17-,18-,19-/m1/s1. The average molecular weight is 474 g/mol. The largest absolute Gasteiger partial charge is 0.459 e. The lowest BCUT2D eigenvalue weighted by molar-refractivity contribution is -0.121. The minimum absolute atomic E-state index is 0.179. The van der Waals surface area contributed by atoms with Crippen LogP contribution in [0.15, 0.2) is 52.0 Å². The molecule has 2 fully saturated rings. The highest BCUT2D eigenvalue weighted by molar-refractivity contribution is 7.89. The normalized spacial score (nSPS) is 24.4. The zero-order valence-corrected chi connectivity index (χ0v) is 19.9. The number of amides is 2. The molecule has 4 rings (SSSR count). The highest BCUT2D eigenvalue weighted by Gasteiger charge is 2.32. The Hall–Kier alpha value is -2.65. The highest BCUT2D eigenvalue weighted by atomic mass is 32.2. The van der Waals surface area contributed by atoms with Crippen LogP contribution < -0.4 is 5.32 Å². The molecule has 2 aliphatic heterocycles. The van der Waals surface area contributed by atoms with Crippen molar-refractivity contribution >= 4 is 27.5 Å². The van der Waals surface area contributed by atoms with Crippen molar-refractivity contribution in [2.24, 2.45) is 17.8 Å². The molecule has 0 saturated carbocycles. The Labute approximate surface area is 195 Å². The Kier molecular flexibility index (Phi) is 6.90. The number of carbonyl (C=O) groups is 2. The number of nitrogens with zero attached hydrogens (tertiary/aromatic N) is 2. The van der Waals surface area contributed by atoms with Gasteiger partial charge in [0.15, 0.2) is 5.76 Å². The first-order valence-corrected chi connectivity index (χ1v) is 12.9. The molecule has 1 aromatic carbocycles. The Morgan fingerprint density at radius 2 is 1.73 bits per heavy atom. The van der Waals surface area contributed by atoms with Crippen molar-refractivity contribution in [2.75, 3.05) is 31.5 Å². The molecule has 0 radical (unpaired) electrons. The summed E-state index contributed by atoms with van der Waals surface area (Å²) in [6.07, 6.45) is 3.90. The maximum absolute atomic E-state index is 13.1. The third-order valence-corrected chi connectivity index (χ3v) is 8.25. The van der Waals surface area contributed by atoms with Crippen molar-refractivity contribution < 1.29 is 22.4 Å². The molecule has 1 aromatic heterocycles. The molecule has 33 heavy (non-hydrogen) atoms. The van der Waals surface area contributed by atoms with Gasteiger partial charge in [-0.1, -0.05) is 13.8 Å². The van der Waals surface area contributed by atoms with Crippen molar-refractivity contribution in [2.45, 2.75) is 38.0 Å². The van der Waals surface area contributed by atoms with E-state index in [1.165, 1.54) is 6.26 Å². The van der Waals surface area contributed by atoms with Gasteiger partial charge in [-0.25, -0.2) is 8.42 Å². The van der Waals surface area contributed by atoms with Gasteiger partial charge in [0.2, 0.25) is 15.9 Å². The first kappa shape index (κ1) is 23.5. The van der Waals surface area contributed by atoms with Crippen molar-refractivity contribution in [1.29, 1.82) is 0 Å². The number of piperidine rings is 2. The fourth-order valence-corrected chi connectivity index (χ4v) is 6.52. The zero-order chi connectivity index (χ0) is 23.6. The summed E-state index contributed by atoms with van der Waals surface area (Å²) in [4.78, 5) is 27.2. The van der Waals surface area contributed by atoms with Crippen LogP contribution in [0, 0.1) is 17.8 Å². The molecule has 1 N–H and O–H groups in total. The van der Waals surface area contributed by atoms with E-state index >= 15 is 0 Å². The molecule has 0 unspecified atom stereocenters. The molecule has 2 aromatic rings. The number of carbonyl (C=O) groups excluding carboxylic acids is 2. The van der Waals surface area contributed by atoms with E-state index in [0.717, 1.165) is 12.8 Å². The maximum Gasteiger partial charge on any atom is 0.289 e. The van der Waals surface area contributed by atoms with Gasteiger partial charge in [-0.3, -0.25) is 9.59 Å². The predicted octanol–water partition coefficient (Wildman–Crippen LogP) is 3.44. The number of hydrogen-bond acceptors (Lipinski definition) is 5. The smallest absolute Gasteiger partial charge is 0.289 e. The number of nitrogens with one attached hydrogen (secondary N) is 1. The zero-order valence-electron chi connectivity index (χ0n) is 19.1. The van der Waals surface area contributed by atoms with Gasteiger partial charge in [-0.2, -0.15) is 4.31 Å². The van der Waals surface area contributed by atoms with Crippen LogP contribution in [0.3, 0.4) is 0 Å². The molecule has 0 spiro atoms. The van der Waals surface area contributed by atoms with Crippen molar-refractivity contribution in [1.82, 2.24) is 9.21 Å². The van der Waals surface area contributed by atoms with Crippen molar-refractivity contribution in [3.63, 3.8) is 0 Å². The number of rotatable bonds is 5. The molecular weight excluding hydrogens is 442 g/mol. The molecular formula is C24H31N3O5S. The van der Waals surface area contributed by atoms with Crippen LogP contribution >= 0.6 is 0 Å². The van der Waals surface area contributed by atoms with Crippen molar-refractivity contribution in [3.8, 4) is 0 Å². The molecule has 2 amide bonds. The Morgan fingerprint density at radius 3 is 2.36 bits per heavy atom. The monoisotopic (exact) mass is 473 g/mol. The van der Waals surface area contributed by atoms with Gasteiger partial charge in [-0.15, -0.1) is 0 Å². The van der Waals surface area contributed by atoms with Gasteiger partial charge in [0.25, 0.3) is 5.91 Å². The first-order valence-electron chi connectivity index (χ1n) is 11.5. The van der Waals surface area contributed by atoms with E-state index in [0.29, 0.717) is 50.1 Å². The fraction of sp³-hybridized carbons (Fsp3) is 0.500. The van der Waals surface area contributed by atoms with Crippen molar-refractivity contribution in [3.05, 3.63) is 48.4 Å². The van der Waals surface area contributed by atoms with E-state index in [4.69, 9.17) is 4.42 Å². The maximum atomic E-state index is 13.1. The number of furan rings is 1. The highest BCUT2D eigenvalue weighted by Crippen LogP contribution is 2.27. The minimum Gasteiger partial charge on any atom is -0.459 e. The summed E-state index contributed by atoms with van der Waals surface area (Å²) in [5.41, 5.74) is 0.536. The molecule has 3 atom stereocenters. The first-order chi connectivity index (χ1) is 15.7. The van der Waals surface area contributed by atoms with E-state index in [9.17, 15) is 18.0 Å². The van der Waals surface area contributed by atoms with Crippen LogP contribution in [0.2, 0.25) is 0 Å². The van der Waals surface area contributed by atoms with Crippen LogP contribution in [0.25, 0.3) is 0 Å². The Balaban J connectivity index is 1.38. The van der Waals surface area contributed by atoms with Gasteiger partial charge in [0, 0.05) is 31.9 Å². The molecule has 9 heteroatoms. The van der Waals surface area contributed by atoms with Crippen LogP contribution in [0.5, 0.6) is 0 Å². The summed E-state index contributed by atoms with van der Waals surface area (Å²) in [7, 11) is -3.56. The molecule has 0 bridgehead atoms. The average Bonchev–Trinajstić information content (AvgIpc) is 3.33. The van der Waals surface area contributed by atoms with Gasteiger partial charge in [0.1, 0.15) is 0 Å². The van der Waals surface area contributed by atoms with Crippen LogP contribution in [-0.4, -0.2) is 55.6 Å². The third-order valence-electron chi connectivity index (χ3n) is 6.41. The lowest BCUT2D eigenvalue weighted by atomic mass is 9.94. The number of benzene rings is 1. The number of anilines is 1. The lowest BCUT2D eigenvalue weighted by Gasteiger charge is -2.34. The SMILES string of the molecule is C[C@@H]1C[C@@H](C)CN(S(=O)(=O)c2ccc(NC(=O)[C@@H]3CCCN(C(=O)c4ccco4)C3)cc2)C1. The summed E-state index contributed by atoms with van der Waals surface area (Å²) in [5, 5.41) is 2.87. The van der Waals surface area contributed by atoms with Gasteiger partial charge < -0.3 is 14.6 Å². The molecule has 8 nitrogen and oxygen atoms in total. The molecule has 2 saturated heterocycles. The summed E-state index contributed by atoms with van der Waals surface area (Å²) in [6, 6.07) is 9.61.